The van der Waals surface area contributed by atoms with E-state index in [1.807, 2.05) is 6.92 Å². The average molecular weight is 168 g/mol. The van der Waals surface area contributed by atoms with Crippen LogP contribution in [-0.2, 0) is 9.53 Å². The monoisotopic (exact) mass is 168 g/mol. The van der Waals surface area contributed by atoms with Crippen molar-refractivity contribution in [1.82, 2.24) is 0 Å². The fourth-order valence-corrected chi connectivity index (χ4v) is 0.962. The molecule has 0 aliphatic heterocycles. The predicted octanol–water partition coefficient (Wildman–Crippen LogP) is 1.78. The van der Waals surface area contributed by atoms with E-state index in [0.29, 0.717) is 6.42 Å². The molecule has 0 aromatic heterocycles. The smallest absolute Gasteiger partial charge is 0.173 e. The molecule has 0 aromatic carbocycles. The second-order valence-electron chi connectivity index (χ2n) is 2.58. The van der Waals surface area contributed by atoms with Crippen LogP contribution in [0, 0.1) is 11.8 Å². The Morgan fingerprint density at radius 1 is 1.58 bits per heavy atom. The number of Topliss-reactive ketones (excluding diaryl/α,β-unsaturated/α-hetero) is 1. The zero-order chi connectivity index (χ0) is 9.40. The van der Waals surface area contributed by atoms with E-state index in [2.05, 4.69) is 11.8 Å². The van der Waals surface area contributed by atoms with Crippen molar-refractivity contribution in [2.75, 3.05) is 7.11 Å². The lowest BCUT2D eigenvalue weighted by atomic mass is 10.1. The van der Waals surface area contributed by atoms with Gasteiger partial charge in [-0.2, -0.15) is 0 Å². The Labute approximate surface area is 74.3 Å². The Morgan fingerprint density at radius 2 is 2.25 bits per heavy atom. The Balaban J connectivity index is 3.90. The molecule has 0 saturated carbocycles. The number of ketones is 1. The molecule has 0 N–H and O–H groups in total. The maximum absolute atomic E-state index is 11.3. The Bertz CT molecular complexity index is 186. The summed E-state index contributed by atoms with van der Waals surface area (Å²) in [6.45, 7) is 3.76. The van der Waals surface area contributed by atoms with E-state index in [1.54, 1.807) is 14.0 Å². The van der Waals surface area contributed by atoms with Crippen molar-refractivity contribution in [2.24, 2.45) is 0 Å². The van der Waals surface area contributed by atoms with Crippen LogP contribution in [0.4, 0.5) is 0 Å². The third-order valence-corrected chi connectivity index (χ3v) is 1.63. The van der Waals surface area contributed by atoms with Crippen LogP contribution in [-0.4, -0.2) is 19.0 Å². The lowest BCUT2D eigenvalue weighted by molar-refractivity contribution is -0.128. The molecule has 2 heteroatoms. The highest BCUT2D eigenvalue weighted by Crippen LogP contribution is 2.03. The van der Waals surface area contributed by atoms with Crippen LogP contribution in [0.2, 0.25) is 0 Å². The minimum atomic E-state index is -0.254. The molecule has 1 atom stereocenters. The van der Waals surface area contributed by atoms with Gasteiger partial charge in [0.1, 0.15) is 6.10 Å². The minimum Gasteiger partial charge on any atom is -0.374 e. The van der Waals surface area contributed by atoms with Gasteiger partial charge in [0, 0.05) is 7.11 Å². The summed E-state index contributed by atoms with van der Waals surface area (Å²) in [4.78, 5) is 11.3. The van der Waals surface area contributed by atoms with Crippen LogP contribution < -0.4 is 0 Å². The number of ether oxygens (including phenoxy) is 1. The molecule has 0 amide bonds. The molecule has 68 valence electrons. The molecule has 0 rings (SSSR count). The summed E-state index contributed by atoms with van der Waals surface area (Å²) in [6, 6.07) is 0. The van der Waals surface area contributed by atoms with Gasteiger partial charge >= 0.3 is 0 Å². The van der Waals surface area contributed by atoms with Gasteiger partial charge in [0.2, 0.25) is 0 Å². The van der Waals surface area contributed by atoms with E-state index >= 15 is 0 Å². The molecule has 0 heterocycles. The second-order valence-corrected chi connectivity index (χ2v) is 2.58. The molecular formula is C10H16O2. The Morgan fingerprint density at radius 3 is 2.67 bits per heavy atom. The molecule has 0 radical (unpaired) electrons. The first-order chi connectivity index (χ1) is 5.76. The topological polar surface area (TPSA) is 26.3 Å². The first kappa shape index (κ1) is 11.2. The van der Waals surface area contributed by atoms with Crippen LogP contribution in [0.1, 0.15) is 33.1 Å². The Kier molecular flexibility index (Phi) is 6.41. The predicted molar refractivity (Wildman–Crippen MR) is 48.8 cm³/mol. The molecule has 12 heavy (non-hydrogen) atoms. The fourth-order valence-electron chi connectivity index (χ4n) is 0.962. The third kappa shape index (κ3) is 4.15. The van der Waals surface area contributed by atoms with Crippen molar-refractivity contribution in [3.8, 4) is 11.8 Å². The molecule has 0 aliphatic rings. The largest absolute Gasteiger partial charge is 0.374 e. The summed E-state index contributed by atoms with van der Waals surface area (Å²) >= 11 is 0. The summed E-state index contributed by atoms with van der Waals surface area (Å²) in [5.74, 6) is 5.53. The second kappa shape index (κ2) is 6.87. The SMILES string of the molecule is CC#CCC(=O)C(CCC)OC. The van der Waals surface area contributed by atoms with E-state index in [1.165, 1.54) is 0 Å². The van der Waals surface area contributed by atoms with Crippen molar-refractivity contribution < 1.29 is 9.53 Å². The van der Waals surface area contributed by atoms with Gasteiger partial charge in [-0.15, -0.1) is 5.92 Å². The molecular weight excluding hydrogens is 152 g/mol. The maximum Gasteiger partial charge on any atom is 0.173 e. The molecule has 0 aliphatic carbocycles. The van der Waals surface area contributed by atoms with Crippen molar-refractivity contribution in [1.29, 1.82) is 0 Å². The number of carbonyl (C=O) groups excluding carboxylic acids is 1. The van der Waals surface area contributed by atoms with Gasteiger partial charge in [0.25, 0.3) is 0 Å². The fraction of sp³-hybridized carbons (Fsp3) is 0.700. The van der Waals surface area contributed by atoms with Crippen LogP contribution in [0.15, 0.2) is 0 Å². The van der Waals surface area contributed by atoms with Crippen LogP contribution >= 0.6 is 0 Å². The number of methoxy groups -OCH3 is 1. The standard InChI is InChI=1S/C10H16O2/c1-4-6-8-9(11)10(12-3)7-5-2/h10H,5,7-8H2,1-3H3. The first-order valence-corrected chi connectivity index (χ1v) is 4.21. The highest BCUT2D eigenvalue weighted by Gasteiger charge is 2.14. The van der Waals surface area contributed by atoms with Gasteiger partial charge < -0.3 is 4.74 Å². The molecule has 0 bridgehead atoms. The number of hydrogen-bond acceptors (Lipinski definition) is 2. The van der Waals surface area contributed by atoms with Crippen LogP contribution in [0.5, 0.6) is 0 Å². The quantitative estimate of drug-likeness (QED) is 0.585. The van der Waals surface area contributed by atoms with E-state index in [0.717, 1.165) is 12.8 Å². The highest BCUT2D eigenvalue weighted by molar-refractivity contribution is 5.85. The highest BCUT2D eigenvalue weighted by atomic mass is 16.5. The summed E-state index contributed by atoms with van der Waals surface area (Å²) in [7, 11) is 1.57. The van der Waals surface area contributed by atoms with Gasteiger partial charge in [0.05, 0.1) is 6.42 Å². The normalized spacial score (nSPS) is 11.6. The zero-order valence-electron chi connectivity index (χ0n) is 8.02. The zero-order valence-corrected chi connectivity index (χ0v) is 8.02. The summed E-state index contributed by atoms with van der Waals surface area (Å²) in [6.07, 6.45) is 1.82. The number of carbonyl (C=O) groups is 1. The molecule has 0 aromatic rings. The van der Waals surface area contributed by atoms with E-state index in [9.17, 15) is 4.79 Å². The van der Waals surface area contributed by atoms with Crippen molar-refractivity contribution in [3.63, 3.8) is 0 Å². The summed E-state index contributed by atoms with van der Waals surface area (Å²) < 4.78 is 5.03. The lowest BCUT2D eigenvalue weighted by Gasteiger charge is -2.10. The van der Waals surface area contributed by atoms with Crippen LogP contribution in [0.25, 0.3) is 0 Å². The molecule has 0 saturated heterocycles. The molecule has 1 unspecified atom stereocenters. The molecule has 0 fully saturated rings. The minimum absolute atomic E-state index is 0.0914. The van der Waals surface area contributed by atoms with Gasteiger partial charge in [-0.05, 0) is 13.3 Å². The van der Waals surface area contributed by atoms with E-state index in [-0.39, 0.29) is 11.9 Å². The molecule has 2 nitrogen and oxygen atoms in total. The van der Waals surface area contributed by atoms with Crippen molar-refractivity contribution in [3.05, 3.63) is 0 Å². The third-order valence-electron chi connectivity index (χ3n) is 1.63. The van der Waals surface area contributed by atoms with Gasteiger partial charge in [-0.25, -0.2) is 0 Å². The first-order valence-electron chi connectivity index (χ1n) is 4.21. The molecule has 0 spiro atoms. The number of hydrogen-bond donors (Lipinski definition) is 0. The van der Waals surface area contributed by atoms with E-state index in [4.69, 9.17) is 4.74 Å². The lowest BCUT2D eigenvalue weighted by Crippen LogP contribution is -2.21. The average Bonchev–Trinajstić information content (AvgIpc) is 2.10. The van der Waals surface area contributed by atoms with Crippen LogP contribution in [0.3, 0.4) is 0 Å². The van der Waals surface area contributed by atoms with Crippen molar-refractivity contribution in [2.45, 2.75) is 39.2 Å². The number of rotatable bonds is 5. The van der Waals surface area contributed by atoms with Crippen molar-refractivity contribution >= 4 is 5.78 Å². The van der Waals surface area contributed by atoms with Gasteiger partial charge in [0.15, 0.2) is 5.78 Å². The Hall–Kier alpha value is -0.810. The van der Waals surface area contributed by atoms with Gasteiger partial charge in [-0.1, -0.05) is 19.3 Å². The summed E-state index contributed by atoms with van der Waals surface area (Å²) in [5.41, 5.74) is 0. The summed E-state index contributed by atoms with van der Waals surface area (Å²) in [5, 5.41) is 0. The van der Waals surface area contributed by atoms with E-state index < -0.39 is 0 Å². The van der Waals surface area contributed by atoms with Gasteiger partial charge in [-0.3, -0.25) is 4.79 Å². The maximum atomic E-state index is 11.3.